The molecule has 0 radical (unpaired) electrons. The van der Waals surface area contributed by atoms with Gasteiger partial charge in [0, 0.05) is 43.6 Å². The standard InChI is InChI=1S/C15H24N4/c1-15(2)5-7-19(8-6-15)14-17-10-12(11-18-14)9-16-13-3-4-13/h10-11,13,16H,3-9H2,1-2H3. The number of nitrogens with one attached hydrogen (secondary N) is 1. The highest BCUT2D eigenvalue weighted by atomic mass is 15.2. The number of piperidine rings is 1. The first-order chi connectivity index (χ1) is 9.12. The lowest BCUT2D eigenvalue weighted by molar-refractivity contribution is 0.278. The molecular weight excluding hydrogens is 236 g/mol. The smallest absolute Gasteiger partial charge is 0.225 e. The van der Waals surface area contributed by atoms with Crippen molar-refractivity contribution in [3.63, 3.8) is 0 Å². The zero-order valence-corrected chi connectivity index (χ0v) is 12.0. The van der Waals surface area contributed by atoms with E-state index in [0.717, 1.165) is 31.6 Å². The minimum absolute atomic E-state index is 0.477. The number of anilines is 1. The highest BCUT2D eigenvalue weighted by Gasteiger charge is 2.26. The van der Waals surface area contributed by atoms with Gasteiger partial charge in [0.25, 0.3) is 0 Å². The number of aromatic nitrogens is 2. The first-order valence-electron chi connectivity index (χ1n) is 7.42. The molecule has 0 aromatic carbocycles. The van der Waals surface area contributed by atoms with Crippen LogP contribution in [-0.4, -0.2) is 29.1 Å². The zero-order valence-electron chi connectivity index (χ0n) is 12.0. The normalized spacial score (nSPS) is 22.5. The predicted molar refractivity (Wildman–Crippen MR) is 77.1 cm³/mol. The summed E-state index contributed by atoms with van der Waals surface area (Å²) in [6.45, 7) is 7.74. The van der Waals surface area contributed by atoms with Gasteiger partial charge in [-0.2, -0.15) is 0 Å². The van der Waals surface area contributed by atoms with E-state index in [9.17, 15) is 0 Å². The minimum atomic E-state index is 0.477. The average molecular weight is 260 g/mol. The van der Waals surface area contributed by atoms with E-state index in [1.807, 2.05) is 12.4 Å². The highest BCUT2D eigenvalue weighted by Crippen LogP contribution is 2.30. The molecule has 0 amide bonds. The Morgan fingerprint density at radius 2 is 1.84 bits per heavy atom. The van der Waals surface area contributed by atoms with E-state index in [-0.39, 0.29) is 0 Å². The van der Waals surface area contributed by atoms with Crippen LogP contribution < -0.4 is 10.2 Å². The third-order valence-electron chi connectivity index (χ3n) is 4.26. The van der Waals surface area contributed by atoms with E-state index >= 15 is 0 Å². The summed E-state index contributed by atoms with van der Waals surface area (Å²) in [6.07, 6.45) is 9.03. The molecule has 2 fully saturated rings. The number of nitrogens with zero attached hydrogens (tertiary/aromatic N) is 3. The predicted octanol–water partition coefficient (Wildman–Crippen LogP) is 2.36. The maximum absolute atomic E-state index is 4.52. The Balaban J connectivity index is 1.56. The molecule has 1 aromatic heterocycles. The Hall–Kier alpha value is -1.16. The van der Waals surface area contributed by atoms with Crippen LogP contribution in [0.3, 0.4) is 0 Å². The maximum Gasteiger partial charge on any atom is 0.225 e. The van der Waals surface area contributed by atoms with Gasteiger partial charge in [-0.15, -0.1) is 0 Å². The van der Waals surface area contributed by atoms with Crippen molar-refractivity contribution in [2.45, 2.75) is 52.1 Å². The first-order valence-corrected chi connectivity index (χ1v) is 7.42. The molecule has 19 heavy (non-hydrogen) atoms. The fourth-order valence-corrected chi connectivity index (χ4v) is 2.46. The molecular formula is C15H24N4. The molecule has 0 bridgehead atoms. The van der Waals surface area contributed by atoms with E-state index in [1.54, 1.807) is 0 Å². The van der Waals surface area contributed by atoms with Crippen molar-refractivity contribution in [3.8, 4) is 0 Å². The van der Waals surface area contributed by atoms with Crippen LogP contribution in [0, 0.1) is 5.41 Å². The molecule has 0 atom stereocenters. The number of hydrogen-bond acceptors (Lipinski definition) is 4. The molecule has 4 heteroatoms. The molecule has 1 aliphatic carbocycles. The maximum atomic E-state index is 4.52. The van der Waals surface area contributed by atoms with Gasteiger partial charge in [0.05, 0.1) is 0 Å². The first kappa shape index (κ1) is 12.9. The van der Waals surface area contributed by atoms with Crippen molar-refractivity contribution in [1.29, 1.82) is 0 Å². The summed E-state index contributed by atoms with van der Waals surface area (Å²) in [4.78, 5) is 11.4. The van der Waals surface area contributed by atoms with Gasteiger partial charge in [0.15, 0.2) is 0 Å². The molecule has 1 aromatic rings. The van der Waals surface area contributed by atoms with E-state index < -0.39 is 0 Å². The van der Waals surface area contributed by atoms with Crippen molar-refractivity contribution < 1.29 is 0 Å². The second-order valence-corrected chi connectivity index (χ2v) is 6.70. The van der Waals surface area contributed by atoms with Gasteiger partial charge in [-0.3, -0.25) is 0 Å². The quantitative estimate of drug-likeness (QED) is 0.902. The molecule has 0 spiro atoms. The molecule has 104 valence electrons. The highest BCUT2D eigenvalue weighted by molar-refractivity contribution is 5.30. The second kappa shape index (κ2) is 5.08. The van der Waals surface area contributed by atoms with Gasteiger partial charge < -0.3 is 10.2 Å². The monoisotopic (exact) mass is 260 g/mol. The molecule has 3 rings (SSSR count). The van der Waals surface area contributed by atoms with Crippen molar-refractivity contribution in [2.75, 3.05) is 18.0 Å². The van der Waals surface area contributed by atoms with Crippen LogP contribution in [0.5, 0.6) is 0 Å². The molecule has 0 unspecified atom stereocenters. The van der Waals surface area contributed by atoms with Crippen LogP contribution in [-0.2, 0) is 6.54 Å². The van der Waals surface area contributed by atoms with Crippen LogP contribution in [0.15, 0.2) is 12.4 Å². The second-order valence-electron chi connectivity index (χ2n) is 6.70. The van der Waals surface area contributed by atoms with E-state index in [4.69, 9.17) is 0 Å². The average Bonchev–Trinajstić information content (AvgIpc) is 3.21. The van der Waals surface area contributed by atoms with Crippen LogP contribution in [0.25, 0.3) is 0 Å². The van der Waals surface area contributed by atoms with E-state index in [2.05, 4.69) is 34.0 Å². The fourth-order valence-electron chi connectivity index (χ4n) is 2.46. The van der Waals surface area contributed by atoms with Gasteiger partial charge in [-0.25, -0.2) is 9.97 Å². The molecule has 1 N–H and O–H groups in total. The summed E-state index contributed by atoms with van der Waals surface area (Å²) >= 11 is 0. The number of rotatable bonds is 4. The van der Waals surface area contributed by atoms with E-state index in [0.29, 0.717) is 5.41 Å². The van der Waals surface area contributed by atoms with Gasteiger partial charge in [0.1, 0.15) is 0 Å². The van der Waals surface area contributed by atoms with Crippen molar-refractivity contribution in [3.05, 3.63) is 18.0 Å². The Bertz CT molecular complexity index is 412. The Labute approximate surface area is 115 Å². The summed E-state index contributed by atoms with van der Waals surface area (Å²) in [6, 6.07) is 0.740. The topological polar surface area (TPSA) is 41.1 Å². The van der Waals surface area contributed by atoms with Gasteiger partial charge in [0.2, 0.25) is 5.95 Å². The van der Waals surface area contributed by atoms with Crippen LogP contribution >= 0.6 is 0 Å². The summed E-state index contributed by atoms with van der Waals surface area (Å²) in [7, 11) is 0. The van der Waals surface area contributed by atoms with Crippen molar-refractivity contribution >= 4 is 5.95 Å². The Kier molecular flexibility index (Phi) is 3.44. The number of hydrogen-bond donors (Lipinski definition) is 1. The van der Waals surface area contributed by atoms with Crippen LogP contribution in [0.1, 0.15) is 45.1 Å². The molecule has 1 saturated carbocycles. The third-order valence-corrected chi connectivity index (χ3v) is 4.26. The largest absolute Gasteiger partial charge is 0.341 e. The molecule has 1 saturated heterocycles. The van der Waals surface area contributed by atoms with Crippen molar-refractivity contribution in [1.82, 2.24) is 15.3 Å². The lowest BCUT2D eigenvalue weighted by Crippen LogP contribution is -2.38. The third kappa shape index (κ3) is 3.44. The summed E-state index contributed by atoms with van der Waals surface area (Å²) in [5.41, 5.74) is 1.66. The summed E-state index contributed by atoms with van der Waals surface area (Å²) < 4.78 is 0. The summed E-state index contributed by atoms with van der Waals surface area (Å²) in [5, 5.41) is 3.49. The Morgan fingerprint density at radius 3 is 2.42 bits per heavy atom. The molecule has 2 heterocycles. The molecule has 1 aliphatic heterocycles. The Morgan fingerprint density at radius 1 is 1.21 bits per heavy atom. The molecule has 2 aliphatic rings. The van der Waals surface area contributed by atoms with Crippen LogP contribution in [0.2, 0.25) is 0 Å². The lowest BCUT2D eigenvalue weighted by atomic mass is 9.83. The minimum Gasteiger partial charge on any atom is -0.341 e. The lowest BCUT2D eigenvalue weighted by Gasteiger charge is -2.36. The van der Waals surface area contributed by atoms with Crippen LogP contribution in [0.4, 0.5) is 5.95 Å². The van der Waals surface area contributed by atoms with Crippen molar-refractivity contribution in [2.24, 2.45) is 5.41 Å². The van der Waals surface area contributed by atoms with Gasteiger partial charge >= 0.3 is 0 Å². The van der Waals surface area contributed by atoms with Gasteiger partial charge in [-0.05, 0) is 31.1 Å². The van der Waals surface area contributed by atoms with E-state index in [1.165, 1.54) is 31.2 Å². The van der Waals surface area contributed by atoms with Gasteiger partial charge in [-0.1, -0.05) is 13.8 Å². The zero-order chi connectivity index (χ0) is 13.3. The SMILES string of the molecule is CC1(C)CCN(c2ncc(CNC3CC3)cn2)CC1. The fraction of sp³-hybridized carbons (Fsp3) is 0.733. The molecule has 4 nitrogen and oxygen atoms in total. The summed E-state index contributed by atoms with van der Waals surface area (Å²) in [5.74, 6) is 0.894.